The summed E-state index contributed by atoms with van der Waals surface area (Å²) < 4.78 is 13.1. The third kappa shape index (κ3) is 3.34. The third-order valence-electron chi connectivity index (χ3n) is 4.40. The molecule has 0 radical (unpaired) electrons. The van der Waals surface area contributed by atoms with Crippen molar-refractivity contribution >= 4 is 0 Å². The first-order valence-electron chi connectivity index (χ1n) is 7.45. The average Bonchev–Trinajstić information content (AvgIpc) is 3.11. The zero-order valence-corrected chi connectivity index (χ0v) is 11.7. The Morgan fingerprint density at radius 1 is 1.32 bits per heavy atom. The number of halogens is 1. The molecule has 0 spiro atoms. The Kier molecular flexibility index (Phi) is 3.85. The van der Waals surface area contributed by atoms with Crippen molar-refractivity contribution in [2.24, 2.45) is 0 Å². The summed E-state index contributed by atoms with van der Waals surface area (Å²) in [5.74, 6) is -0.130. The van der Waals surface area contributed by atoms with Crippen LogP contribution >= 0.6 is 0 Å². The quantitative estimate of drug-likeness (QED) is 0.878. The lowest BCUT2D eigenvalue weighted by atomic mass is 10.1. The molecule has 2 nitrogen and oxygen atoms in total. The lowest BCUT2D eigenvalue weighted by Gasteiger charge is -2.25. The van der Waals surface area contributed by atoms with Crippen LogP contribution in [0, 0.1) is 12.7 Å². The summed E-state index contributed by atoms with van der Waals surface area (Å²) in [5, 5.41) is 3.64. The lowest BCUT2D eigenvalue weighted by molar-refractivity contribution is 0.238. The SMILES string of the molecule is Cc1cc(F)ccc1CN1CCCC1CNC1CC1. The average molecular weight is 262 g/mol. The Bertz CT molecular complexity index is 442. The number of likely N-dealkylation sites (tertiary alicyclic amines) is 1. The Balaban J connectivity index is 1.60. The van der Waals surface area contributed by atoms with Gasteiger partial charge < -0.3 is 5.32 Å². The number of hydrogen-bond donors (Lipinski definition) is 1. The molecule has 2 fully saturated rings. The van der Waals surface area contributed by atoms with E-state index >= 15 is 0 Å². The lowest BCUT2D eigenvalue weighted by Crippen LogP contribution is -2.38. The minimum atomic E-state index is -0.130. The fraction of sp³-hybridized carbons (Fsp3) is 0.625. The summed E-state index contributed by atoms with van der Waals surface area (Å²) in [5.41, 5.74) is 2.33. The van der Waals surface area contributed by atoms with Crippen molar-refractivity contribution in [2.75, 3.05) is 13.1 Å². The highest BCUT2D eigenvalue weighted by Crippen LogP contribution is 2.23. The van der Waals surface area contributed by atoms with Crippen LogP contribution in [0.5, 0.6) is 0 Å². The molecule has 0 aromatic heterocycles. The maximum absolute atomic E-state index is 13.1. The van der Waals surface area contributed by atoms with Crippen LogP contribution in [0.4, 0.5) is 4.39 Å². The van der Waals surface area contributed by atoms with E-state index in [4.69, 9.17) is 0 Å². The summed E-state index contributed by atoms with van der Waals surface area (Å²) in [6, 6.07) is 6.60. The van der Waals surface area contributed by atoms with Crippen LogP contribution in [0.25, 0.3) is 0 Å². The van der Waals surface area contributed by atoms with Gasteiger partial charge in [-0.3, -0.25) is 4.90 Å². The van der Waals surface area contributed by atoms with Crippen molar-refractivity contribution in [1.29, 1.82) is 0 Å². The molecule has 1 aromatic carbocycles. The van der Waals surface area contributed by atoms with Crippen molar-refractivity contribution in [3.8, 4) is 0 Å². The highest BCUT2D eigenvalue weighted by atomic mass is 19.1. The van der Waals surface area contributed by atoms with Crippen molar-refractivity contribution in [2.45, 2.75) is 51.2 Å². The number of benzene rings is 1. The largest absolute Gasteiger partial charge is 0.312 e. The van der Waals surface area contributed by atoms with Gasteiger partial charge in [0.05, 0.1) is 0 Å². The van der Waals surface area contributed by atoms with E-state index in [9.17, 15) is 4.39 Å². The molecule has 1 aromatic rings. The Morgan fingerprint density at radius 3 is 2.89 bits per heavy atom. The molecular formula is C16H23FN2. The molecule has 19 heavy (non-hydrogen) atoms. The zero-order chi connectivity index (χ0) is 13.2. The van der Waals surface area contributed by atoms with Crippen LogP contribution in [0.15, 0.2) is 18.2 Å². The van der Waals surface area contributed by atoms with E-state index in [0.29, 0.717) is 6.04 Å². The molecule has 1 aliphatic carbocycles. The second-order valence-electron chi connectivity index (χ2n) is 6.02. The maximum Gasteiger partial charge on any atom is 0.123 e. The summed E-state index contributed by atoms with van der Waals surface area (Å²) in [6.07, 6.45) is 5.28. The fourth-order valence-corrected chi connectivity index (χ4v) is 2.98. The van der Waals surface area contributed by atoms with Gasteiger partial charge in [0.1, 0.15) is 5.82 Å². The predicted octanol–water partition coefficient (Wildman–Crippen LogP) is 2.85. The standard InChI is InChI=1S/C16H23FN2/c1-12-9-14(17)5-4-13(12)11-19-8-2-3-16(19)10-18-15-6-7-15/h4-5,9,15-16,18H,2-3,6-8,10-11H2,1H3. The zero-order valence-electron chi connectivity index (χ0n) is 11.7. The number of nitrogens with zero attached hydrogens (tertiary/aromatic N) is 1. The van der Waals surface area contributed by atoms with E-state index in [1.165, 1.54) is 37.8 Å². The van der Waals surface area contributed by atoms with Gasteiger partial charge in [-0.05, 0) is 62.4 Å². The molecule has 1 N–H and O–H groups in total. The molecule has 0 amide bonds. The number of aryl methyl sites for hydroxylation is 1. The van der Waals surface area contributed by atoms with Crippen LogP contribution in [-0.4, -0.2) is 30.1 Å². The molecule has 1 unspecified atom stereocenters. The molecule has 3 heteroatoms. The first-order valence-corrected chi connectivity index (χ1v) is 7.45. The van der Waals surface area contributed by atoms with Gasteiger partial charge in [-0.25, -0.2) is 4.39 Å². The van der Waals surface area contributed by atoms with Crippen LogP contribution in [0.1, 0.15) is 36.8 Å². The molecule has 104 valence electrons. The minimum absolute atomic E-state index is 0.130. The molecule has 1 saturated carbocycles. The van der Waals surface area contributed by atoms with E-state index in [2.05, 4.69) is 10.2 Å². The van der Waals surface area contributed by atoms with Crippen molar-refractivity contribution < 1.29 is 4.39 Å². The number of rotatable bonds is 5. The van der Waals surface area contributed by atoms with Crippen molar-refractivity contribution in [1.82, 2.24) is 10.2 Å². The van der Waals surface area contributed by atoms with Gasteiger partial charge in [-0.1, -0.05) is 6.07 Å². The summed E-state index contributed by atoms with van der Waals surface area (Å²) in [4.78, 5) is 2.55. The van der Waals surface area contributed by atoms with E-state index in [0.717, 1.165) is 24.7 Å². The summed E-state index contributed by atoms with van der Waals surface area (Å²) >= 11 is 0. The van der Waals surface area contributed by atoms with E-state index in [1.54, 1.807) is 12.1 Å². The Hall–Kier alpha value is -0.930. The maximum atomic E-state index is 13.1. The van der Waals surface area contributed by atoms with Gasteiger partial charge in [0.15, 0.2) is 0 Å². The number of hydrogen-bond acceptors (Lipinski definition) is 2. The Labute approximate surface area is 115 Å². The second-order valence-corrected chi connectivity index (χ2v) is 6.02. The topological polar surface area (TPSA) is 15.3 Å². The first-order chi connectivity index (χ1) is 9.22. The van der Waals surface area contributed by atoms with E-state index in [-0.39, 0.29) is 5.82 Å². The molecule has 1 atom stereocenters. The second kappa shape index (κ2) is 5.59. The molecule has 1 aliphatic heterocycles. The monoisotopic (exact) mass is 262 g/mol. The van der Waals surface area contributed by atoms with Crippen molar-refractivity contribution in [3.05, 3.63) is 35.1 Å². The molecule has 3 rings (SSSR count). The number of nitrogens with one attached hydrogen (secondary N) is 1. The normalized spacial score (nSPS) is 24.0. The van der Waals surface area contributed by atoms with Crippen molar-refractivity contribution in [3.63, 3.8) is 0 Å². The van der Waals surface area contributed by atoms with Gasteiger partial charge in [0.25, 0.3) is 0 Å². The molecule has 1 heterocycles. The molecule has 2 aliphatic rings. The highest BCUT2D eigenvalue weighted by Gasteiger charge is 2.27. The summed E-state index contributed by atoms with van der Waals surface area (Å²) in [7, 11) is 0. The first kappa shape index (κ1) is 13.1. The van der Waals surface area contributed by atoms with Crippen LogP contribution in [0.2, 0.25) is 0 Å². The van der Waals surface area contributed by atoms with Gasteiger partial charge in [-0.15, -0.1) is 0 Å². The fourth-order valence-electron chi connectivity index (χ4n) is 2.98. The van der Waals surface area contributed by atoms with E-state index in [1.807, 2.05) is 13.0 Å². The minimum Gasteiger partial charge on any atom is -0.312 e. The Morgan fingerprint density at radius 2 is 2.16 bits per heavy atom. The highest BCUT2D eigenvalue weighted by molar-refractivity contribution is 5.26. The third-order valence-corrected chi connectivity index (χ3v) is 4.40. The van der Waals surface area contributed by atoms with Gasteiger partial charge in [-0.2, -0.15) is 0 Å². The van der Waals surface area contributed by atoms with Crippen LogP contribution in [0.3, 0.4) is 0 Å². The smallest absolute Gasteiger partial charge is 0.123 e. The van der Waals surface area contributed by atoms with Crippen LogP contribution in [-0.2, 0) is 6.54 Å². The van der Waals surface area contributed by atoms with Crippen LogP contribution < -0.4 is 5.32 Å². The molecular weight excluding hydrogens is 239 g/mol. The molecule has 0 bridgehead atoms. The van der Waals surface area contributed by atoms with Gasteiger partial charge in [0.2, 0.25) is 0 Å². The van der Waals surface area contributed by atoms with E-state index < -0.39 is 0 Å². The molecule has 1 saturated heterocycles. The van der Waals surface area contributed by atoms with Gasteiger partial charge in [0, 0.05) is 25.2 Å². The summed E-state index contributed by atoms with van der Waals surface area (Å²) in [6.45, 7) is 5.26. The van der Waals surface area contributed by atoms with Gasteiger partial charge >= 0.3 is 0 Å². The predicted molar refractivity (Wildman–Crippen MR) is 75.6 cm³/mol.